The van der Waals surface area contributed by atoms with E-state index in [0.29, 0.717) is 5.56 Å². The maximum Gasteiger partial charge on any atom is 0.251 e. The van der Waals surface area contributed by atoms with Gasteiger partial charge in [-0.3, -0.25) is 4.79 Å². The second kappa shape index (κ2) is 8.34. The van der Waals surface area contributed by atoms with E-state index in [1.807, 2.05) is 43.3 Å². The Morgan fingerprint density at radius 1 is 0.808 bits per heavy atom. The van der Waals surface area contributed by atoms with Crippen molar-refractivity contribution in [2.24, 2.45) is 0 Å². The molecule has 0 radical (unpaired) electrons. The zero-order chi connectivity index (χ0) is 18.4. The van der Waals surface area contributed by atoms with E-state index in [2.05, 4.69) is 29.6 Å². The maximum atomic E-state index is 12.7. The van der Waals surface area contributed by atoms with Gasteiger partial charge in [-0.05, 0) is 42.3 Å². The molecule has 132 valence electrons. The summed E-state index contributed by atoms with van der Waals surface area (Å²) >= 11 is 0. The molecule has 0 aromatic heterocycles. The molecule has 3 rings (SSSR count). The fourth-order valence-corrected chi connectivity index (χ4v) is 3.21. The highest BCUT2D eigenvalue weighted by Crippen LogP contribution is 2.28. The first-order valence-electron chi connectivity index (χ1n) is 8.74. The van der Waals surface area contributed by atoms with Crippen LogP contribution < -0.4 is 10.1 Å². The third-order valence-electron chi connectivity index (χ3n) is 4.53. The smallest absolute Gasteiger partial charge is 0.251 e. The summed E-state index contributed by atoms with van der Waals surface area (Å²) in [5.74, 6) is 0.734. The SMILES string of the molecule is COc1ccc(C(=O)NC(C)C(c2ccccc2)c2ccccc2)cc1. The average Bonchev–Trinajstić information content (AvgIpc) is 2.70. The summed E-state index contributed by atoms with van der Waals surface area (Å²) in [7, 11) is 1.61. The number of hydrogen-bond donors (Lipinski definition) is 1. The van der Waals surface area contributed by atoms with Crippen LogP contribution in [0.25, 0.3) is 0 Å². The van der Waals surface area contributed by atoms with Crippen molar-refractivity contribution in [2.45, 2.75) is 18.9 Å². The van der Waals surface area contributed by atoms with Gasteiger partial charge in [0.1, 0.15) is 5.75 Å². The molecule has 0 spiro atoms. The van der Waals surface area contributed by atoms with Gasteiger partial charge in [-0.25, -0.2) is 0 Å². The minimum atomic E-state index is -0.0861. The topological polar surface area (TPSA) is 38.3 Å². The van der Waals surface area contributed by atoms with Crippen LogP contribution in [-0.4, -0.2) is 19.1 Å². The minimum absolute atomic E-state index is 0.0607. The zero-order valence-electron chi connectivity index (χ0n) is 15.1. The molecular weight excluding hydrogens is 322 g/mol. The highest BCUT2D eigenvalue weighted by Gasteiger charge is 2.23. The van der Waals surface area contributed by atoms with Crippen LogP contribution >= 0.6 is 0 Å². The Balaban J connectivity index is 1.83. The van der Waals surface area contributed by atoms with Gasteiger partial charge in [0, 0.05) is 17.5 Å². The molecule has 0 heterocycles. The van der Waals surface area contributed by atoms with Crippen molar-refractivity contribution in [3.8, 4) is 5.75 Å². The molecule has 1 atom stereocenters. The van der Waals surface area contributed by atoms with Crippen molar-refractivity contribution < 1.29 is 9.53 Å². The van der Waals surface area contributed by atoms with E-state index in [1.165, 1.54) is 11.1 Å². The van der Waals surface area contributed by atoms with Crippen molar-refractivity contribution in [3.05, 3.63) is 102 Å². The van der Waals surface area contributed by atoms with Crippen LogP contribution in [0.3, 0.4) is 0 Å². The Morgan fingerprint density at radius 2 is 1.31 bits per heavy atom. The minimum Gasteiger partial charge on any atom is -0.497 e. The van der Waals surface area contributed by atoms with Crippen molar-refractivity contribution in [3.63, 3.8) is 0 Å². The van der Waals surface area contributed by atoms with Gasteiger partial charge in [0.05, 0.1) is 7.11 Å². The number of benzene rings is 3. The van der Waals surface area contributed by atoms with Crippen LogP contribution in [0.5, 0.6) is 5.75 Å². The molecule has 0 saturated heterocycles. The summed E-state index contributed by atoms with van der Waals surface area (Å²) in [5, 5.41) is 3.15. The lowest BCUT2D eigenvalue weighted by atomic mass is 9.85. The van der Waals surface area contributed by atoms with Crippen molar-refractivity contribution in [1.29, 1.82) is 0 Å². The molecule has 1 N–H and O–H groups in total. The van der Waals surface area contributed by atoms with Crippen molar-refractivity contribution >= 4 is 5.91 Å². The highest BCUT2D eigenvalue weighted by atomic mass is 16.5. The molecule has 0 aliphatic rings. The molecule has 1 amide bonds. The van der Waals surface area contributed by atoms with Crippen LogP contribution in [-0.2, 0) is 0 Å². The lowest BCUT2D eigenvalue weighted by Gasteiger charge is -2.26. The van der Waals surface area contributed by atoms with Gasteiger partial charge in [0.15, 0.2) is 0 Å². The largest absolute Gasteiger partial charge is 0.497 e. The molecule has 0 saturated carbocycles. The van der Waals surface area contributed by atoms with Crippen LogP contribution in [0.4, 0.5) is 0 Å². The summed E-state index contributed by atoms with van der Waals surface area (Å²) in [6, 6.07) is 27.6. The Hall–Kier alpha value is -3.07. The number of methoxy groups -OCH3 is 1. The van der Waals surface area contributed by atoms with E-state index in [9.17, 15) is 4.79 Å². The molecule has 1 unspecified atom stereocenters. The van der Waals surface area contributed by atoms with Gasteiger partial charge >= 0.3 is 0 Å². The Kier molecular flexibility index (Phi) is 5.69. The first-order chi connectivity index (χ1) is 12.7. The normalized spacial score (nSPS) is 11.8. The first kappa shape index (κ1) is 17.7. The van der Waals surface area contributed by atoms with Crippen LogP contribution in [0.1, 0.15) is 34.3 Å². The number of carbonyl (C=O) groups excluding carboxylic acids is 1. The van der Waals surface area contributed by atoms with E-state index in [1.54, 1.807) is 31.4 Å². The Morgan fingerprint density at radius 3 is 1.77 bits per heavy atom. The molecule has 26 heavy (non-hydrogen) atoms. The number of hydrogen-bond acceptors (Lipinski definition) is 2. The van der Waals surface area contributed by atoms with Gasteiger partial charge in [-0.15, -0.1) is 0 Å². The summed E-state index contributed by atoms with van der Waals surface area (Å²) in [6.07, 6.45) is 0. The second-order valence-electron chi connectivity index (χ2n) is 6.29. The number of carbonyl (C=O) groups is 1. The van der Waals surface area contributed by atoms with Gasteiger partial charge in [0.2, 0.25) is 0 Å². The van der Waals surface area contributed by atoms with E-state index in [-0.39, 0.29) is 17.9 Å². The summed E-state index contributed by atoms with van der Waals surface area (Å²) in [5.41, 5.74) is 2.99. The zero-order valence-corrected chi connectivity index (χ0v) is 15.1. The molecule has 3 aromatic carbocycles. The third kappa shape index (κ3) is 4.12. The van der Waals surface area contributed by atoms with Gasteiger partial charge in [0.25, 0.3) is 5.91 Å². The monoisotopic (exact) mass is 345 g/mol. The van der Waals surface area contributed by atoms with Gasteiger partial charge in [-0.2, -0.15) is 0 Å². The summed E-state index contributed by atoms with van der Waals surface area (Å²) < 4.78 is 5.15. The van der Waals surface area contributed by atoms with E-state index < -0.39 is 0 Å². The lowest BCUT2D eigenvalue weighted by Crippen LogP contribution is -2.37. The fourth-order valence-electron chi connectivity index (χ4n) is 3.21. The molecule has 3 nitrogen and oxygen atoms in total. The number of rotatable bonds is 6. The number of ether oxygens (including phenoxy) is 1. The molecule has 3 aromatic rings. The van der Waals surface area contributed by atoms with E-state index >= 15 is 0 Å². The fraction of sp³-hybridized carbons (Fsp3) is 0.174. The summed E-state index contributed by atoms with van der Waals surface area (Å²) in [6.45, 7) is 2.05. The van der Waals surface area contributed by atoms with E-state index in [4.69, 9.17) is 4.74 Å². The molecule has 0 bridgehead atoms. The molecular formula is C23H23NO2. The van der Waals surface area contributed by atoms with Gasteiger partial charge < -0.3 is 10.1 Å². The lowest BCUT2D eigenvalue weighted by molar-refractivity contribution is 0.0937. The Bertz CT molecular complexity index is 790. The first-order valence-corrected chi connectivity index (χ1v) is 8.74. The number of nitrogens with one attached hydrogen (secondary N) is 1. The van der Waals surface area contributed by atoms with Crippen LogP contribution in [0, 0.1) is 0 Å². The van der Waals surface area contributed by atoms with Crippen LogP contribution in [0.2, 0.25) is 0 Å². The quantitative estimate of drug-likeness (QED) is 0.706. The third-order valence-corrected chi connectivity index (χ3v) is 4.53. The second-order valence-corrected chi connectivity index (χ2v) is 6.29. The molecule has 0 aliphatic carbocycles. The predicted octanol–water partition coefficient (Wildman–Crippen LogP) is 4.65. The van der Waals surface area contributed by atoms with Crippen molar-refractivity contribution in [2.75, 3.05) is 7.11 Å². The molecule has 0 aliphatic heterocycles. The van der Waals surface area contributed by atoms with Crippen molar-refractivity contribution in [1.82, 2.24) is 5.32 Å². The Labute approximate surface area is 154 Å². The van der Waals surface area contributed by atoms with E-state index in [0.717, 1.165) is 5.75 Å². The molecule has 0 fully saturated rings. The maximum absolute atomic E-state index is 12.7. The number of amides is 1. The summed E-state index contributed by atoms with van der Waals surface area (Å²) in [4.78, 5) is 12.7. The predicted molar refractivity (Wildman–Crippen MR) is 105 cm³/mol. The standard InChI is InChI=1S/C23H23NO2/c1-17(24-23(25)20-13-15-21(26-2)16-14-20)22(18-9-5-3-6-10-18)19-11-7-4-8-12-19/h3-17,22H,1-2H3,(H,24,25). The van der Waals surface area contributed by atoms with Gasteiger partial charge in [-0.1, -0.05) is 60.7 Å². The molecule has 3 heteroatoms. The highest BCUT2D eigenvalue weighted by molar-refractivity contribution is 5.94. The van der Waals surface area contributed by atoms with Crippen LogP contribution in [0.15, 0.2) is 84.9 Å². The average molecular weight is 345 g/mol.